The molecule has 0 aliphatic heterocycles. The van der Waals surface area contributed by atoms with Crippen LogP contribution in [0.1, 0.15) is 62.4 Å². The number of rotatable bonds is 9. The SMILES string of the molecule is CCOC(=O)c1csc(-n2nc(-c3cccc(C#Cc4ccc(C)s4)c3)c(Cc3ccc(S(N)(=O)=O)c(F)c3)c2CC2CC2)n1. The van der Waals surface area contributed by atoms with Gasteiger partial charge in [0.25, 0.3) is 0 Å². The van der Waals surface area contributed by atoms with Gasteiger partial charge in [0.15, 0.2) is 5.69 Å². The molecule has 6 rings (SSSR count). The van der Waals surface area contributed by atoms with Gasteiger partial charge >= 0.3 is 5.97 Å². The van der Waals surface area contributed by atoms with Crippen LogP contribution < -0.4 is 5.14 Å². The number of hydrogen-bond acceptors (Lipinski definition) is 8. The fourth-order valence-electron chi connectivity index (χ4n) is 5.00. The van der Waals surface area contributed by atoms with Crippen LogP contribution in [0.4, 0.5) is 4.39 Å². The molecule has 1 aliphatic rings. The van der Waals surface area contributed by atoms with Crippen molar-refractivity contribution in [3.63, 3.8) is 0 Å². The summed E-state index contributed by atoms with van der Waals surface area (Å²) in [5, 5.41) is 12.4. The van der Waals surface area contributed by atoms with Crippen LogP contribution in [0.3, 0.4) is 0 Å². The summed E-state index contributed by atoms with van der Waals surface area (Å²) in [6.45, 7) is 4.02. The minimum absolute atomic E-state index is 0.203. The number of esters is 1. The largest absolute Gasteiger partial charge is 0.461 e. The Balaban J connectivity index is 1.48. The molecular formula is C33H29FN4O4S3. The lowest BCUT2D eigenvalue weighted by molar-refractivity contribution is 0.0520. The van der Waals surface area contributed by atoms with E-state index < -0.39 is 26.7 Å². The molecule has 5 aromatic rings. The van der Waals surface area contributed by atoms with Gasteiger partial charge in [-0.2, -0.15) is 5.10 Å². The van der Waals surface area contributed by atoms with Crippen LogP contribution in [0.2, 0.25) is 0 Å². The van der Waals surface area contributed by atoms with Crippen molar-refractivity contribution >= 4 is 38.7 Å². The average molecular weight is 661 g/mol. The summed E-state index contributed by atoms with van der Waals surface area (Å²) in [4.78, 5) is 18.6. The quantitative estimate of drug-likeness (QED) is 0.147. The number of aromatic nitrogens is 3. The van der Waals surface area contributed by atoms with Gasteiger partial charge in [0.2, 0.25) is 15.2 Å². The zero-order valence-corrected chi connectivity index (χ0v) is 27.0. The van der Waals surface area contributed by atoms with Crippen molar-refractivity contribution in [2.45, 2.75) is 44.4 Å². The highest BCUT2D eigenvalue weighted by Crippen LogP contribution is 2.38. The first-order valence-corrected chi connectivity index (χ1v) is 17.6. The predicted molar refractivity (Wildman–Crippen MR) is 173 cm³/mol. The highest BCUT2D eigenvalue weighted by Gasteiger charge is 2.29. The van der Waals surface area contributed by atoms with Gasteiger partial charge in [-0.25, -0.2) is 32.4 Å². The van der Waals surface area contributed by atoms with Crippen LogP contribution in [-0.2, 0) is 27.6 Å². The molecule has 3 heterocycles. The summed E-state index contributed by atoms with van der Waals surface area (Å²) < 4.78 is 45.6. The van der Waals surface area contributed by atoms with E-state index in [-0.39, 0.29) is 18.7 Å². The minimum atomic E-state index is -4.21. The number of aryl methyl sites for hydroxylation is 1. The Morgan fingerprint density at radius 1 is 1.16 bits per heavy atom. The Morgan fingerprint density at radius 3 is 2.67 bits per heavy atom. The van der Waals surface area contributed by atoms with E-state index in [1.807, 2.05) is 43.3 Å². The van der Waals surface area contributed by atoms with E-state index in [2.05, 4.69) is 16.8 Å². The van der Waals surface area contributed by atoms with E-state index in [4.69, 9.17) is 15.0 Å². The van der Waals surface area contributed by atoms with Gasteiger partial charge in [-0.3, -0.25) is 0 Å². The maximum absolute atomic E-state index is 14.9. The number of nitrogens with two attached hydrogens (primary N) is 1. The lowest BCUT2D eigenvalue weighted by Crippen LogP contribution is -2.14. The molecule has 1 fully saturated rings. The maximum Gasteiger partial charge on any atom is 0.357 e. The lowest BCUT2D eigenvalue weighted by Gasteiger charge is -2.10. The van der Waals surface area contributed by atoms with Crippen molar-refractivity contribution in [3.05, 3.63) is 104 Å². The number of primary sulfonamides is 1. The molecule has 2 N–H and O–H groups in total. The zero-order chi connectivity index (χ0) is 31.7. The first-order chi connectivity index (χ1) is 21.6. The predicted octanol–water partition coefficient (Wildman–Crippen LogP) is 6.27. The zero-order valence-electron chi connectivity index (χ0n) is 24.5. The average Bonchev–Trinajstić information content (AvgIpc) is 3.34. The maximum atomic E-state index is 14.9. The van der Waals surface area contributed by atoms with Gasteiger partial charge in [0.05, 0.1) is 22.9 Å². The fraction of sp³-hybridized carbons (Fsp3) is 0.242. The molecule has 0 atom stereocenters. The highest BCUT2D eigenvalue weighted by molar-refractivity contribution is 7.89. The minimum Gasteiger partial charge on any atom is -0.461 e. The Labute approximate surface area is 268 Å². The molecule has 0 amide bonds. The van der Waals surface area contributed by atoms with Gasteiger partial charge in [-0.05, 0) is 81.0 Å². The molecule has 230 valence electrons. The first-order valence-electron chi connectivity index (χ1n) is 14.3. The Hall–Kier alpha value is -4.15. The molecule has 3 aromatic heterocycles. The second-order valence-electron chi connectivity index (χ2n) is 10.8. The first kappa shape index (κ1) is 30.9. The molecule has 45 heavy (non-hydrogen) atoms. The van der Waals surface area contributed by atoms with Crippen molar-refractivity contribution in [1.29, 1.82) is 0 Å². The monoisotopic (exact) mass is 660 g/mol. The third kappa shape index (κ3) is 7.07. The van der Waals surface area contributed by atoms with Gasteiger partial charge in [-0.15, -0.1) is 22.7 Å². The molecule has 1 aliphatic carbocycles. The Kier molecular flexibility index (Phi) is 8.70. The molecular weight excluding hydrogens is 632 g/mol. The number of hydrogen-bond donors (Lipinski definition) is 1. The van der Waals surface area contributed by atoms with Gasteiger partial charge in [0.1, 0.15) is 10.7 Å². The van der Waals surface area contributed by atoms with Crippen LogP contribution in [0, 0.1) is 30.5 Å². The standard InChI is InChI=1S/C33H29FN4O4S3/c1-3-42-32(39)28-19-43-33(36-28)38-29(18-22-8-9-22)26(16-23-11-14-30(27(34)17-23)45(35,40)41)31(37-38)24-6-4-5-21(15-24)10-13-25-12-7-20(2)44-25/h4-7,11-12,14-15,17,19,22H,3,8-9,16,18H2,1-2H3,(H2,35,40,41). The number of ether oxygens (including phenoxy) is 1. The van der Waals surface area contributed by atoms with Crippen molar-refractivity contribution in [3.8, 4) is 28.2 Å². The summed E-state index contributed by atoms with van der Waals surface area (Å²) >= 11 is 2.92. The van der Waals surface area contributed by atoms with E-state index >= 15 is 0 Å². The number of halogens is 1. The van der Waals surface area contributed by atoms with Crippen molar-refractivity contribution in [2.24, 2.45) is 11.1 Å². The van der Waals surface area contributed by atoms with Crippen molar-refractivity contribution < 1.29 is 22.3 Å². The number of nitrogens with zero attached hydrogens (tertiary/aromatic N) is 3. The normalized spacial score (nSPS) is 13.0. The summed E-state index contributed by atoms with van der Waals surface area (Å²) in [7, 11) is -4.21. The van der Waals surface area contributed by atoms with Crippen LogP contribution in [-0.4, -0.2) is 35.8 Å². The number of carbonyl (C=O) groups excluding carboxylic acids is 1. The number of benzene rings is 2. The van der Waals surface area contributed by atoms with Crippen LogP contribution in [0.15, 0.2) is 64.9 Å². The van der Waals surface area contributed by atoms with E-state index in [1.165, 1.54) is 28.3 Å². The van der Waals surface area contributed by atoms with Crippen LogP contribution in [0.25, 0.3) is 16.4 Å². The third-order valence-corrected chi connectivity index (χ3v) is 9.99. The Bertz CT molecular complexity index is 2080. The van der Waals surface area contributed by atoms with E-state index in [1.54, 1.807) is 34.4 Å². The molecule has 0 bridgehead atoms. The van der Waals surface area contributed by atoms with E-state index in [0.717, 1.165) is 40.1 Å². The fourth-order valence-corrected chi connectivity index (χ4v) is 7.07. The topological polar surface area (TPSA) is 117 Å². The molecule has 12 heteroatoms. The molecule has 1 saturated carbocycles. The number of thiophene rings is 1. The molecule has 0 saturated heterocycles. The molecule has 8 nitrogen and oxygen atoms in total. The van der Waals surface area contributed by atoms with Crippen molar-refractivity contribution in [1.82, 2.24) is 14.8 Å². The van der Waals surface area contributed by atoms with Crippen LogP contribution in [0.5, 0.6) is 0 Å². The van der Waals surface area contributed by atoms with Crippen molar-refractivity contribution in [2.75, 3.05) is 6.61 Å². The van der Waals surface area contributed by atoms with Gasteiger partial charge < -0.3 is 4.74 Å². The van der Waals surface area contributed by atoms with Gasteiger partial charge in [0, 0.05) is 33.4 Å². The molecule has 2 aromatic carbocycles. The third-order valence-electron chi connectivity index (χ3n) is 7.32. The second kappa shape index (κ2) is 12.7. The lowest BCUT2D eigenvalue weighted by atomic mass is 9.96. The Morgan fingerprint density at radius 2 is 1.98 bits per heavy atom. The summed E-state index contributed by atoms with van der Waals surface area (Å²) in [6.07, 6.45) is 3.15. The molecule has 0 unspecified atom stereocenters. The second-order valence-corrected chi connectivity index (χ2v) is 14.5. The van der Waals surface area contributed by atoms with E-state index in [9.17, 15) is 17.6 Å². The van der Waals surface area contributed by atoms with E-state index in [0.29, 0.717) is 28.7 Å². The number of carbonyl (C=O) groups is 1. The highest BCUT2D eigenvalue weighted by atomic mass is 32.2. The summed E-state index contributed by atoms with van der Waals surface area (Å²) in [6, 6.07) is 15.8. The molecule has 0 spiro atoms. The number of sulfonamides is 1. The summed E-state index contributed by atoms with van der Waals surface area (Å²) in [5.74, 6) is 5.53. The summed E-state index contributed by atoms with van der Waals surface area (Å²) in [5.41, 5.74) is 4.83. The van der Waals surface area contributed by atoms with Gasteiger partial charge in [-0.1, -0.05) is 30.0 Å². The smallest absolute Gasteiger partial charge is 0.357 e. The van der Waals surface area contributed by atoms with Crippen LogP contribution >= 0.6 is 22.7 Å². The molecule has 0 radical (unpaired) electrons. The number of thiazole rings is 1.